The molecule has 0 spiro atoms. The summed E-state index contributed by atoms with van der Waals surface area (Å²) < 4.78 is 5.25. The molecular weight excluding hydrogens is 376 g/mol. The summed E-state index contributed by atoms with van der Waals surface area (Å²) in [6.45, 7) is 9.66. The Bertz CT molecular complexity index is 706. The first-order chi connectivity index (χ1) is 14.3. The van der Waals surface area contributed by atoms with E-state index in [2.05, 4.69) is 32.6 Å². The maximum Gasteiger partial charge on any atom is 0.107 e. The van der Waals surface area contributed by atoms with Gasteiger partial charge in [0.25, 0.3) is 0 Å². The summed E-state index contributed by atoms with van der Waals surface area (Å²) in [6, 6.07) is 0. The van der Waals surface area contributed by atoms with Gasteiger partial charge in [0.1, 0.15) is 6.10 Å². The van der Waals surface area contributed by atoms with Crippen molar-refractivity contribution in [1.29, 1.82) is 0 Å². The van der Waals surface area contributed by atoms with Crippen LogP contribution in [0.2, 0.25) is 0 Å². The van der Waals surface area contributed by atoms with Crippen LogP contribution in [-0.4, -0.2) is 46.3 Å². The summed E-state index contributed by atoms with van der Waals surface area (Å²) in [4.78, 5) is 0. The molecule has 4 nitrogen and oxygen atoms in total. The molecule has 0 aromatic heterocycles. The molecule has 0 unspecified atom stereocenters. The van der Waals surface area contributed by atoms with Crippen molar-refractivity contribution < 1.29 is 20.1 Å². The van der Waals surface area contributed by atoms with Crippen LogP contribution in [0.1, 0.15) is 71.6 Å². The van der Waals surface area contributed by atoms with Gasteiger partial charge in [0.15, 0.2) is 0 Å². The smallest absolute Gasteiger partial charge is 0.107 e. The van der Waals surface area contributed by atoms with Gasteiger partial charge in [-0.15, -0.1) is 0 Å². The van der Waals surface area contributed by atoms with Gasteiger partial charge in [-0.1, -0.05) is 38.2 Å². The number of fused-ring (bicyclic) bond motifs is 1. The highest BCUT2D eigenvalue weighted by atomic mass is 16.6. The first kappa shape index (κ1) is 22.3. The molecule has 1 aliphatic heterocycles. The second-order valence-corrected chi connectivity index (χ2v) is 10.7. The molecule has 8 atom stereocenters. The van der Waals surface area contributed by atoms with Crippen LogP contribution in [0.15, 0.2) is 35.5 Å². The van der Waals surface area contributed by atoms with Crippen LogP contribution < -0.4 is 0 Å². The van der Waals surface area contributed by atoms with E-state index in [0.29, 0.717) is 36.0 Å². The lowest BCUT2D eigenvalue weighted by Gasteiger charge is -2.44. The van der Waals surface area contributed by atoms with Crippen molar-refractivity contribution in [3.8, 4) is 0 Å². The number of rotatable bonds is 6. The van der Waals surface area contributed by atoms with Crippen LogP contribution in [-0.2, 0) is 4.74 Å². The predicted octanol–water partition coefficient (Wildman–Crippen LogP) is 4.30. The van der Waals surface area contributed by atoms with Crippen molar-refractivity contribution in [3.05, 3.63) is 35.5 Å². The van der Waals surface area contributed by atoms with Crippen LogP contribution in [0.3, 0.4) is 0 Å². The Morgan fingerprint density at radius 3 is 2.73 bits per heavy atom. The molecule has 4 aliphatic rings. The standard InChI is InChI=1S/C26H40O4/c1-16(6-11-23(28)25-15-30-25)21-9-10-22-18(5-4-12-26(21,22)3)7-8-19-13-20(27)14-24(29)17(19)2/h7-8,16,20-25,27-29H,2,4-6,9-15H2,1,3H3/b18-7+,19-8+/t16-,20-,21-,22+,23+,24+,25-,26-/m1/s1. The largest absolute Gasteiger partial charge is 0.393 e. The van der Waals surface area contributed by atoms with Gasteiger partial charge in [-0.3, -0.25) is 0 Å². The van der Waals surface area contributed by atoms with E-state index in [1.165, 1.54) is 25.7 Å². The molecule has 4 heteroatoms. The highest BCUT2D eigenvalue weighted by Gasteiger charge is 2.50. The lowest BCUT2D eigenvalue weighted by Crippen LogP contribution is -2.36. The molecule has 4 rings (SSSR count). The van der Waals surface area contributed by atoms with Crippen molar-refractivity contribution in [2.45, 2.75) is 96.1 Å². The minimum atomic E-state index is -0.622. The topological polar surface area (TPSA) is 73.2 Å². The van der Waals surface area contributed by atoms with Crippen molar-refractivity contribution in [3.63, 3.8) is 0 Å². The Morgan fingerprint density at radius 2 is 2.00 bits per heavy atom. The molecule has 3 saturated carbocycles. The van der Waals surface area contributed by atoms with E-state index >= 15 is 0 Å². The summed E-state index contributed by atoms with van der Waals surface area (Å²) in [5.41, 5.74) is 3.65. The molecule has 0 aromatic carbocycles. The Hall–Kier alpha value is -0.940. The van der Waals surface area contributed by atoms with Gasteiger partial charge in [-0.25, -0.2) is 0 Å². The molecule has 3 aliphatic carbocycles. The molecule has 0 amide bonds. The van der Waals surface area contributed by atoms with Crippen LogP contribution in [0.4, 0.5) is 0 Å². The zero-order valence-corrected chi connectivity index (χ0v) is 18.7. The van der Waals surface area contributed by atoms with Crippen molar-refractivity contribution >= 4 is 0 Å². The van der Waals surface area contributed by atoms with E-state index in [1.54, 1.807) is 5.57 Å². The van der Waals surface area contributed by atoms with E-state index in [9.17, 15) is 15.3 Å². The van der Waals surface area contributed by atoms with Gasteiger partial charge < -0.3 is 20.1 Å². The second kappa shape index (κ2) is 8.90. The van der Waals surface area contributed by atoms with Crippen molar-refractivity contribution in [1.82, 2.24) is 0 Å². The summed E-state index contributed by atoms with van der Waals surface area (Å²) in [7, 11) is 0. The zero-order chi connectivity index (χ0) is 21.5. The monoisotopic (exact) mass is 416 g/mol. The number of aliphatic hydroxyl groups excluding tert-OH is 3. The maximum atomic E-state index is 10.2. The van der Waals surface area contributed by atoms with Gasteiger partial charge in [-0.2, -0.15) is 0 Å². The average molecular weight is 417 g/mol. The normalized spacial score (nSPS) is 43.6. The third-order valence-electron chi connectivity index (χ3n) is 8.70. The highest BCUT2D eigenvalue weighted by molar-refractivity contribution is 5.38. The number of aliphatic hydroxyl groups is 3. The van der Waals surface area contributed by atoms with E-state index in [4.69, 9.17) is 4.74 Å². The molecule has 3 N–H and O–H groups in total. The molecule has 0 aromatic rings. The van der Waals surface area contributed by atoms with Gasteiger partial charge >= 0.3 is 0 Å². The van der Waals surface area contributed by atoms with Gasteiger partial charge in [-0.05, 0) is 85.7 Å². The first-order valence-electron chi connectivity index (χ1n) is 12.0. The molecule has 168 valence electrons. The number of hydrogen-bond acceptors (Lipinski definition) is 4. The maximum absolute atomic E-state index is 10.2. The summed E-state index contributed by atoms with van der Waals surface area (Å²) in [5, 5.41) is 30.3. The summed E-state index contributed by atoms with van der Waals surface area (Å²) in [5.74, 6) is 1.95. The molecule has 4 fully saturated rings. The number of allylic oxidation sites excluding steroid dienone is 3. The Labute approximate surface area is 181 Å². The third kappa shape index (κ3) is 4.48. The highest BCUT2D eigenvalue weighted by Crippen LogP contribution is 2.60. The minimum absolute atomic E-state index is 0.0907. The van der Waals surface area contributed by atoms with Crippen LogP contribution in [0, 0.1) is 23.2 Å². The number of ether oxygens (including phenoxy) is 1. The van der Waals surface area contributed by atoms with Gasteiger partial charge in [0, 0.05) is 6.42 Å². The van der Waals surface area contributed by atoms with E-state index in [-0.39, 0.29) is 12.2 Å². The number of hydrogen-bond donors (Lipinski definition) is 3. The van der Waals surface area contributed by atoms with Gasteiger partial charge in [0.05, 0.1) is 24.9 Å². The van der Waals surface area contributed by atoms with Crippen molar-refractivity contribution in [2.75, 3.05) is 6.61 Å². The van der Waals surface area contributed by atoms with Crippen LogP contribution in [0.25, 0.3) is 0 Å². The van der Waals surface area contributed by atoms with E-state index in [1.807, 2.05) is 0 Å². The SMILES string of the molecule is C=C1/C(=C/C=C2\CCC[C@]3(C)[C@@H]([C@H](C)CC[C@H](O)[C@H]4CO4)CC[C@@H]23)C[C@@H](O)C[C@@H]1O. The Kier molecular flexibility index (Phi) is 6.60. The molecular formula is C26H40O4. The fourth-order valence-electron chi connectivity index (χ4n) is 6.78. The first-order valence-corrected chi connectivity index (χ1v) is 12.0. The summed E-state index contributed by atoms with van der Waals surface area (Å²) >= 11 is 0. The fraction of sp³-hybridized carbons (Fsp3) is 0.769. The Balaban J connectivity index is 1.44. The van der Waals surface area contributed by atoms with Crippen LogP contribution >= 0.6 is 0 Å². The van der Waals surface area contributed by atoms with E-state index < -0.39 is 12.2 Å². The average Bonchev–Trinajstić information content (AvgIpc) is 3.49. The van der Waals surface area contributed by atoms with Crippen molar-refractivity contribution in [2.24, 2.45) is 23.2 Å². The lowest BCUT2D eigenvalue weighted by atomic mass is 9.60. The molecule has 1 saturated heterocycles. The second-order valence-electron chi connectivity index (χ2n) is 10.7. The Morgan fingerprint density at radius 1 is 1.23 bits per heavy atom. The minimum Gasteiger partial charge on any atom is -0.393 e. The molecule has 0 radical (unpaired) electrons. The fourth-order valence-corrected chi connectivity index (χ4v) is 6.78. The van der Waals surface area contributed by atoms with Gasteiger partial charge in [0.2, 0.25) is 0 Å². The molecule has 1 heterocycles. The zero-order valence-electron chi connectivity index (χ0n) is 18.7. The molecule has 30 heavy (non-hydrogen) atoms. The quantitative estimate of drug-likeness (QED) is 0.564. The summed E-state index contributed by atoms with van der Waals surface area (Å²) in [6.07, 6.45) is 12.2. The molecule has 0 bridgehead atoms. The lowest BCUT2D eigenvalue weighted by molar-refractivity contribution is 0.0759. The number of epoxide rings is 1. The predicted molar refractivity (Wildman–Crippen MR) is 119 cm³/mol. The van der Waals surface area contributed by atoms with E-state index in [0.717, 1.165) is 37.0 Å². The third-order valence-corrected chi connectivity index (χ3v) is 8.70. The van der Waals surface area contributed by atoms with Crippen LogP contribution in [0.5, 0.6) is 0 Å².